The summed E-state index contributed by atoms with van der Waals surface area (Å²) < 4.78 is 3.89. The van der Waals surface area contributed by atoms with Gasteiger partial charge in [0.2, 0.25) is 0 Å². The highest BCUT2D eigenvalue weighted by atomic mass is 32.1. The average molecular weight is 240 g/mol. The normalized spacial score (nSPS) is 11.0. The fourth-order valence-corrected chi connectivity index (χ4v) is 2.41. The number of Topliss-reactive ketones (excluding diaryl/α,β-unsaturated/α-hetero) is 1. The number of hydrogen-bond acceptors (Lipinski definition) is 4. The second kappa shape index (κ2) is 6.74. The summed E-state index contributed by atoms with van der Waals surface area (Å²) in [4.78, 5) is 12.8. The Bertz CT molecular complexity index is 332. The molecule has 0 fully saturated rings. The Morgan fingerprint density at radius 2 is 2.00 bits per heavy atom. The molecule has 0 saturated carbocycles. The highest BCUT2D eigenvalue weighted by molar-refractivity contribution is 7.08. The van der Waals surface area contributed by atoms with Crippen LogP contribution in [0.25, 0.3) is 0 Å². The van der Waals surface area contributed by atoms with E-state index in [2.05, 4.69) is 30.4 Å². The SMILES string of the molecule is CCCc1nnsc1C(=O)CC(CC)CC. The molecule has 4 heteroatoms. The molecule has 0 unspecified atom stereocenters. The van der Waals surface area contributed by atoms with Crippen LogP contribution in [0.15, 0.2) is 0 Å². The third-order valence-corrected chi connectivity index (χ3v) is 3.73. The van der Waals surface area contributed by atoms with Crippen molar-refractivity contribution in [3.8, 4) is 0 Å². The number of aromatic nitrogens is 2. The van der Waals surface area contributed by atoms with E-state index < -0.39 is 0 Å². The van der Waals surface area contributed by atoms with Gasteiger partial charge in [-0.3, -0.25) is 4.79 Å². The van der Waals surface area contributed by atoms with Gasteiger partial charge in [-0.15, -0.1) is 5.10 Å². The van der Waals surface area contributed by atoms with Gasteiger partial charge in [-0.1, -0.05) is 44.5 Å². The number of ketones is 1. The number of nitrogens with zero attached hydrogens (tertiary/aromatic N) is 2. The third kappa shape index (κ3) is 3.37. The Morgan fingerprint density at radius 1 is 1.31 bits per heavy atom. The predicted octanol–water partition coefficient (Wildman–Crippen LogP) is 3.50. The minimum Gasteiger partial charge on any atom is -0.293 e. The monoisotopic (exact) mass is 240 g/mol. The van der Waals surface area contributed by atoms with E-state index in [9.17, 15) is 4.79 Å². The maximum Gasteiger partial charge on any atom is 0.176 e. The standard InChI is InChI=1S/C12H20N2OS/c1-4-7-10-12(16-14-13-10)11(15)8-9(5-2)6-3/h9H,4-8H2,1-3H3. The summed E-state index contributed by atoms with van der Waals surface area (Å²) in [5.74, 6) is 0.733. The van der Waals surface area contributed by atoms with Crippen molar-refractivity contribution < 1.29 is 4.79 Å². The first kappa shape index (κ1) is 13.3. The van der Waals surface area contributed by atoms with Crippen molar-refractivity contribution in [1.82, 2.24) is 9.59 Å². The zero-order valence-electron chi connectivity index (χ0n) is 10.3. The van der Waals surface area contributed by atoms with Gasteiger partial charge in [0.1, 0.15) is 4.88 Å². The first-order valence-electron chi connectivity index (χ1n) is 6.07. The van der Waals surface area contributed by atoms with E-state index in [1.807, 2.05) is 0 Å². The molecule has 0 saturated heterocycles. The van der Waals surface area contributed by atoms with E-state index in [0.29, 0.717) is 12.3 Å². The molecule has 0 aliphatic carbocycles. The van der Waals surface area contributed by atoms with E-state index in [1.54, 1.807) is 0 Å². The van der Waals surface area contributed by atoms with Crippen LogP contribution >= 0.6 is 11.5 Å². The maximum atomic E-state index is 12.1. The lowest BCUT2D eigenvalue weighted by Gasteiger charge is -2.09. The zero-order valence-corrected chi connectivity index (χ0v) is 11.1. The fourth-order valence-electron chi connectivity index (χ4n) is 1.75. The molecule has 0 N–H and O–H groups in total. The number of carbonyl (C=O) groups excluding carboxylic acids is 1. The van der Waals surface area contributed by atoms with Crippen LogP contribution < -0.4 is 0 Å². The van der Waals surface area contributed by atoms with Crippen molar-refractivity contribution in [3.05, 3.63) is 10.6 Å². The summed E-state index contributed by atoms with van der Waals surface area (Å²) in [6.07, 6.45) is 4.65. The van der Waals surface area contributed by atoms with Crippen LogP contribution in [0, 0.1) is 5.92 Å². The first-order valence-corrected chi connectivity index (χ1v) is 6.84. The highest BCUT2D eigenvalue weighted by Crippen LogP contribution is 2.20. The van der Waals surface area contributed by atoms with Crippen molar-refractivity contribution in [1.29, 1.82) is 0 Å². The molecule has 90 valence electrons. The molecular formula is C12H20N2OS. The number of rotatable bonds is 7. The molecule has 0 aliphatic rings. The van der Waals surface area contributed by atoms with E-state index in [4.69, 9.17) is 0 Å². The molecule has 1 aromatic rings. The molecule has 1 heterocycles. The average Bonchev–Trinajstić information content (AvgIpc) is 2.74. The lowest BCUT2D eigenvalue weighted by molar-refractivity contribution is 0.0961. The van der Waals surface area contributed by atoms with Gasteiger partial charge in [-0.25, -0.2) is 0 Å². The van der Waals surface area contributed by atoms with Gasteiger partial charge < -0.3 is 0 Å². The predicted molar refractivity (Wildman–Crippen MR) is 66.9 cm³/mol. The molecule has 0 spiro atoms. The van der Waals surface area contributed by atoms with Crippen molar-refractivity contribution >= 4 is 17.3 Å². The van der Waals surface area contributed by atoms with Crippen molar-refractivity contribution in [2.75, 3.05) is 0 Å². The van der Waals surface area contributed by atoms with Crippen molar-refractivity contribution in [2.24, 2.45) is 5.92 Å². The molecule has 0 atom stereocenters. The minimum absolute atomic E-state index is 0.229. The van der Waals surface area contributed by atoms with Crippen LogP contribution in [0.3, 0.4) is 0 Å². The molecule has 0 radical (unpaired) electrons. The van der Waals surface area contributed by atoms with Crippen LogP contribution in [0.5, 0.6) is 0 Å². The van der Waals surface area contributed by atoms with Crippen LogP contribution in [-0.2, 0) is 6.42 Å². The Hall–Kier alpha value is -0.770. The summed E-state index contributed by atoms with van der Waals surface area (Å²) in [6, 6.07) is 0. The topological polar surface area (TPSA) is 42.9 Å². The summed E-state index contributed by atoms with van der Waals surface area (Å²) in [5.41, 5.74) is 0.892. The van der Waals surface area contributed by atoms with Gasteiger partial charge in [0.25, 0.3) is 0 Å². The third-order valence-electron chi connectivity index (χ3n) is 2.92. The van der Waals surface area contributed by atoms with Crippen molar-refractivity contribution in [2.45, 2.75) is 52.9 Å². The van der Waals surface area contributed by atoms with Crippen LogP contribution in [0.4, 0.5) is 0 Å². The molecule has 16 heavy (non-hydrogen) atoms. The lowest BCUT2D eigenvalue weighted by atomic mass is 9.96. The van der Waals surface area contributed by atoms with Crippen LogP contribution in [-0.4, -0.2) is 15.4 Å². The number of carbonyl (C=O) groups is 1. The second-order valence-electron chi connectivity index (χ2n) is 4.11. The summed E-state index contributed by atoms with van der Waals surface area (Å²) in [6.45, 7) is 6.37. The Morgan fingerprint density at radius 3 is 2.56 bits per heavy atom. The van der Waals surface area contributed by atoms with Crippen LogP contribution in [0.2, 0.25) is 0 Å². The highest BCUT2D eigenvalue weighted by Gasteiger charge is 2.18. The quantitative estimate of drug-likeness (QED) is 0.685. The van der Waals surface area contributed by atoms with Gasteiger partial charge in [-0.2, -0.15) is 0 Å². The van der Waals surface area contributed by atoms with E-state index in [1.165, 1.54) is 11.5 Å². The van der Waals surface area contributed by atoms with Gasteiger partial charge in [0, 0.05) is 6.42 Å². The van der Waals surface area contributed by atoms with E-state index in [-0.39, 0.29) is 5.78 Å². The number of aryl methyl sites for hydroxylation is 1. The lowest BCUT2D eigenvalue weighted by Crippen LogP contribution is -2.08. The van der Waals surface area contributed by atoms with Crippen LogP contribution in [0.1, 0.15) is 61.8 Å². The fraction of sp³-hybridized carbons (Fsp3) is 0.750. The van der Waals surface area contributed by atoms with Gasteiger partial charge >= 0.3 is 0 Å². The zero-order chi connectivity index (χ0) is 12.0. The molecular weight excluding hydrogens is 220 g/mol. The summed E-state index contributed by atoms with van der Waals surface area (Å²) in [7, 11) is 0. The molecule has 0 amide bonds. The van der Waals surface area contributed by atoms with E-state index >= 15 is 0 Å². The second-order valence-corrected chi connectivity index (χ2v) is 4.86. The summed E-state index contributed by atoms with van der Waals surface area (Å²) in [5, 5.41) is 4.03. The molecule has 0 aliphatic heterocycles. The molecule has 0 aromatic carbocycles. The van der Waals surface area contributed by atoms with Gasteiger partial charge in [-0.05, 0) is 23.9 Å². The van der Waals surface area contributed by atoms with E-state index in [0.717, 1.165) is 36.3 Å². The van der Waals surface area contributed by atoms with Gasteiger partial charge in [0.15, 0.2) is 5.78 Å². The largest absolute Gasteiger partial charge is 0.293 e. The van der Waals surface area contributed by atoms with Gasteiger partial charge in [0.05, 0.1) is 5.69 Å². The first-order chi connectivity index (χ1) is 7.72. The Balaban J connectivity index is 2.68. The minimum atomic E-state index is 0.229. The smallest absolute Gasteiger partial charge is 0.176 e. The van der Waals surface area contributed by atoms with Crippen molar-refractivity contribution in [3.63, 3.8) is 0 Å². The molecule has 1 aromatic heterocycles. The maximum absolute atomic E-state index is 12.1. The molecule has 1 rings (SSSR count). The molecule has 0 bridgehead atoms. The molecule has 3 nitrogen and oxygen atoms in total. The summed E-state index contributed by atoms with van der Waals surface area (Å²) >= 11 is 1.25. The Labute approximate surface area is 101 Å². The Kier molecular flexibility index (Phi) is 5.60. The number of hydrogen-bond donors (Lipinski definition) is 0.